The van der Waals surface area contributed by atoms with Crippen LogP contribution in [0.3, 0.4) is 0 Å². The molecule has 0 aromatic heterocycles. The first-order valence-electron chi connectivity index (χ1n) is 5.03. The largest absolute Gasteiger partial charge is 0.392 e. The number of hydrogen-bond donors (Lipinski definition) is 1. The fraction of sp³-hybridized carbons (Fsp3) is 0.385. The first-order valence-corrected chi connectivity index (χ1v) is 5.03. The molecule has 1 aromatic rings. The normalized spacial score (nSPS) is 14.7. The maximum atomic E-state index is 12.9. The molecule has 2 unspecified atom stereocenters. The lowest BCUT2D eigenvalue weighted by atomic mass is 9.86. The topological polar surface area (TPSA) is 20.2 Å². The van der Waals surface area contributed by atoms with Crippen LogP contribution in [0.5, 0.6) is 0 Å². The Morgan fingerprint density at radius 1 is 1.47 bits per heavy atom. The number of aliphatic hydroxyl groups excluding tert-OH is 1. The zero-order chi connectivity index (χ0) is 11.6. The molecule has 82 valence electrons. The molecule has 15 heavy (non-hydrogen) atoms. The number of halogens is 1. The second-order valence-corrected chi connectivity index (χ2v) is 4.07. The molecule has 1 aromatic carbocycles. The molecule has 2 atom stereocenters. The van der Waals surface area contributed by atoms with E-state index in [4.69, 9.17) is 0 Å². The summed E-state index contributed by atoms with van der Waals surface area (Å²) in [4.78, 5) is 0. The van der Waals surface area contributed by atoms with Gasteiger partial charge in [0.1, 0.15) is 5.82 Å². The van der Waals surface area contributed by atoms with E-state index in [-0.39, 0.29) is 11.7 Å². The highest BCUT2D eigenvalue weighted by molar-refractivity contribution is 5.35. The van der Waals surface area contributed by atoms with Crippen molar-refractivity contribution in [2.45, 2.75) is 32.8 Å². The van der Waals surface area contributed by atoms with Crippen molar-refractivity contribution in [3.63, 3.8) is 0 Å². The van der Waals surface area contributed by atoms with Gasteiger partial charge in [-0.1, -0.05) is 18.2 Å². The van der Waals surface area contributed by atoms with Crippen molar-refractivity contribution in [2.75, 3.05) is 0 Å². The Balaban J connectivity index is 3.17. The van der Waals surface area contributed by atoms with E-state index in [9.17, 15) is 9.50 Å². The van der Waals surface area contributed by atoms with E-state index in [2.05, 4.69) is 6.58 Å². The van der Waals surface area contributed by atoms with Crippen LogP contribution in [-0.2, 0) is 0 Å². The third kappa shape index (κ3) is 2.66. The van der Waals surface area contributed by atoms with Crippen molar-refractivity contribution in [1.82, 2.24) is 0 Å². The molecule has 0 aliphatic rings. The second kappa shape index (κ2) is 4.58. The van der Waals surface area contributed by atoms with Crippen LogP contribution >= 0.6 is 0 Å². The summed E-state index contributed by atoms with van der Waals surface area (Å²) >= 11 is 0. The molecule has 0 saturated heterocycles. The fourth-order valence-electron chi connectivity index (χ4n) is 1.93. The highest BCUT2D eigenvalue weighted by Crippen LogP contribution is 2.29. The molecule has 0 saturated carbocycles. The average molecular weight is 208 g/mol. The summed E-state index contributed by atoms with van der Waals surface area (Å²) in [5, 5.41) is 9.68. The summed E-state index contributed by atoms with van der Waals surface area (Å²) in [6.07, 6.45) is -0.508. The van der Waals surface area contributed by atoms with Gasteiger partial charge in [-0.05, 0) is 44.0 Å². The maximum Gasteiger partial charge on any atom is 0.123 e. The van der Waals surface area contributed by atoms with E-state index < -0.39 is 6.10 Å². The third-order valence-electron chi connectivity index (χ3n) is 2.58. The molecule has 0 aliphatic carbocycles. The molecule has 0 spiro atoms. The van der Waals surface area contributed by atoms with Crippen molar-refractivity contribution in [3.8, 4) is 0 Å². The van der Waals surface area contributed by atoms with Gasteiger partial charge >= 0.3 is 0 Å². The van der Waals surface area contributed by atoms with Crippen molar-refractivity contribution in [3.05, 3.63) is 47.3 Å². The van der Waals surface area contributed by atoms with Crippen molar-refractivity contribution >= 4 is 0 Å². The Morgan fingerprint density at radius 3 is 2.47 bits per heavy atom. The van der Waals surface area contributed by atoms with Gasteiger partial charge in [0.2, 0.25) is 0 Å². The van der Waals surface area contributed by atoms with E-state index in [0.717, 1.165) is 16.7 Å². The highest BCUT2D eigenvalue weighted by Gasteiger charge is 2.19. The molecular weight excluding hydrogens is 191 g/mol. The average Bonchev–Trinajstić information content (AvgIpc) is 2.08. The first kappa shape index (κ1) is 11.9. The zero-order valence-electron chi connectivity index (χ0n) is 9.42. The third-order valence-corrected chi connectivity index (χ3v) is 2.58. The molecule has 1 nitrogen and oxygen atoms in total. The summed E-state index contributed by atoms with van der Waals surface area (Å²) in [5.74, 6) is -0.368. The summed E-state index contributed by atoms with van der Waals surface area (Å²) in [5.41, 5.74) is 2.68. The highest BCUT2D eigenvalue weighted by atomic mass is 19.1. The van der Waals surface area contributed by atoms with Gasteiger partial charge in [0.25, 0.3) is 0 Å². The van der Waals surface area contributed by atoms with Gasteiger partial charge in [0, 0.05) is 5.92 Å². The lowest BCUT2D eigenvalue weighted by Gasteiger charge is -2.22. The van der Waals surface area contributed by atoms with Crippen LogP contribution in [0.2, 0.25) is 0 Å². The van der Waals surface area contributed by atoms with E-state index in [1.54, 1.807) is 13.0 Å². The van der Waals surface area contributed by atoms with Gasteiger partial charge < -0.3 is 5.11 Å². The molecule has 0 fully saturated rings. The lowest BCUT2D eigenvalue weighted by Crippen LogP contribution is -2.16. The van der Waals surface area contributed by atoms with Gasteiger partial charge in [-0.3, -0.25) is 0 Å². The minimum Gasteiger partial charge on any atom is -0.392 e. The molecular formula is C13H17FO. The quantitative estimate of drug-likeness (QED) is 0.756. The van der Waals surface area contributed by atoms with Crippen LogP contribution in [-0.4, -0.2) is 11.2 Å². The predicted octanol–water partition coefficient (Wildman–Crippen LogP) is 3.17. The summed E-state index contributed by atoms with van der Waals surface area (Å²) in [6, 6.07) is 4.62. The Kier molecular flexibility index (Phi) is 3.64. The summed E-state index contributed by atoms with van der Waals surface area (Å²) in [6.45, 7) is 9.31. The Labute approximate surface area is 90.3 Å². The molecule has 0 aliphatic heterocycles. The lowest BCUT2D eigenvalue weighted by molar-refractivity contribution is 0.175. The van der Waals surface area contributed by atoms with E-state index in [1.165, 1.54) is 12.1 Å². The first-order chi connectivity index (χ1) is 6.93. The van der Waals surface area contributed by atoms with Gasteiger partial charge in [-0.25, -0.2) is 4.39 Å². The molecule has 0 radical (unpaired) electrons. The maximum absolute atomic E-state index is 12.9. The van der Waals surface area contributed by atoms with Crippen LogP contribution in [0, 0.1) is 12.7 Å². The molecule has 0 heterocycles. The van der Waals surface area contributed by atoms with Gasteiger partial charge in [-0.15, -0.1) is 0 Å². The van der Waals surface area contributed by atoms with Crippen LogP contribution in [0.1, 0.15) is 30.9 Å². The van der Waals surface area contributed by atoms with Crippen molar-refractivity contribution < 1.29 is 9.50 Å². The van der Waals surface area contributed by atoms with E-state index >= 15 is 0 Å². The van der Waals surface area contributed by atoms with Gasteiger partial charge in [-0.2, -0.15) is 0 Å². The summed E-state index contributed by atoms with van der Waals surface area (Å²) in [7, 11) is 0. The second-order valence-electron chi connectivity index (χ2n) is 4.07. The number of hydrogen-bond acceptors (Lipinski definition) is 1. The van der Waals surface area contributed by atoms with E-state index in [1.807, 2.05) is 13.8 Å². The van der Waals surface area contributed by atoms with Gasteiger partial charge in [0.15, 0.2) is 0 Å². The minimum absolute atomic E-state index is 0.120. The standard InChI is InChI=1S/C13H17FO/c1-8(2)13(10(4)15)12-6-5-11(14)7-9(12)3/h5-7,10,13,15H,1H2,2-4H3. The number of rotatable bonds is 3. The monoisotopic (exact) mass is 208 g/mol. The number of benzene rings is 1. The SMILES string of the molecule is C=C(C)C(c1ccc(F)cc1C)C(C)O. The van der Waals surface area contributed by atoms with E-state index in [0.29, 0.717) is 0 Å². The zero-order valence-corrected chi connectivity index (χ0v) is 9.42. The Hall–Kier alpha value is -1.15. The van der Waals surface area contributed by atoms with Crippen LogP contribution in [0.15, 0.2) is 30.4 Å². The molecule has 2 heteroatoms. The Bertz CT molecular complexity index is 369. The molecule has 1 rings (SSSR count). The van der Waals surface area contributed by atoms with Crippen LogP contribution < -0.4 is 0 Å². The predicted molar refractivity (Wildman–Crippen MR) is 60.4 cm³/mol. The van der Waals surface area contributed by atoms with Crippen molar-refractivity contribution in [2.24, 2.45) is 0 Å². The minimum atomic E-state index is -0.508. The number of aryl methyl sites for hydroxylation is 1. The van der Waals surface area contributed by atoms with Crippen LogP contribution in [0.4, 0.5) is 4.39 Å². The Morgan fingerprint density at radius 2 is 2.07 bits per heavy atom. The molecule has 0 bridgehead atoms. The smallest absolute Gasteiger partial charge is 0.123 e. The molecule has 1 N–H and O–H groups in total. The van der Waals surface area contributed by atoms with Crippen LogP contribution in [0.25, 0.3) is 0 Å². The number of aliphatic hydroxyl groups is 1. The van der Waals surface area contributed by atoms with Gasteiger partial charge in [0.05, 0.1) is 6.10 Å². The summed E-state index contributed by atoms with van der Waals surface area (Å²) < 4.78 is 12.9. The fourth-order valence-corrected chi connectivity index (χ4v) is 1.93. The van der Waals surface area contributed by atoms with Crippen molar-refractivity contribution in [1.29, 1.82) is 0 Å². The molecule has 0 amide bonds.